The number of hydrogen-bond donors (Lipinski definition) is 0. The Morgan fingerprint density at radius 2 is 1.05 bits per heavy atom. The predicted octanol–water partition coefficient (Wildman–Crippen LogP) is 6.90. The summed E-state index contributed by atoms with van der Waals surface area (Å²) in [5, 5.41) is 0. The summed E-state index contributed by atoms with van der Waals surface area (Å²) in [5.41, 5.74) is 6.71. The molecule has 0 aliphatic rings. The maximum atomic E-state index is 13.2. The number of aromatic nitrogens is 7. The molecule has 0 unspecified atom stereocenters. The highest BCUT2D eigenvalue weighted by atomic mass is 79.9. The van der Waals surface area contributed by atoms with Crippen LogP contribution >= 0.6 is 15.9 Å². The molecule has 7 aromatic rings. The molecule has 0 aliphatic heterocycles. The Morgan fingerprint density at radius 1 is 0.538 bits per heavy atom. The molecule has 0 saturated heterocycles. The zero-order valence-corrected chi connectivity index (χ0v) is 21.7. The lowest BCUT2D eigenvalue weighted by Gasteiger charge is -2.05. The summed E-state index contributed by atoms with van der Waals surface area (Å²) in [6.07, 6.45) is 14.0. The van der Waals surface area contributed by atoms with E-state index in [1.807, 2.05) is 33.3 Å². The molecule has 0 N–H and O–H groups in total. The van der Waals surface area contributed by atoms with Gasteiger partial charge in [-0.05, 0) is 76.6 Å². The fraction of sp³-hybridized carbons (Fsp3) is 0. The summed E-state index contributed by atoms with van der Waals surface area (Å²) in [6, 6.07) is 16.4. The maximum absolute atomic E-state index is 13.2. The Hall–Kier alpha value is -4.83. The van der Waals surface area contributed by atoms with Gasteiger partial charge in [-0.25, -0.2) is 18.7 Å². The van der Waals surface area contributed by atoms with Crippen LogP contribution < -0.4 is 0 Å². The Labute approximate surface area is 229 Å². The molecule has 5 aromatic heterocycles. The number of nitrogens with zero attached hydrogens (tertiary/aromatic N) is 7. The van der Waals surface area contributed by atoms with Gasteiger partial charge in [-0.3, -0.25) is 23.8 Å². The summed E-state index contributed by atoms with van der Waals surface area (Å²) in [6.45, 7) is 0. The molecular formula is C29H18BrF2N7. The SMILES string of the molecule is Fc1ccc(-c2nc3cnccn3c2-c2ccncc2)cc1.Fc1ccc(-c2nc3cnccn3c2Br)cc1. The molecular weight excluding hydrogens is 564 g/mol. The van der Waals surface area contributed by atoms with Gasteiger partial charge < -0.3 is 0 Å². The number of benzene rings is 2. The normalized spacial score (nSPS) is 10.9. The van der Waals surface area contributed by atoms with E-state index >= 15 is 0 Å². The number of imidazole rings is 2. The number of halogens is 3. The van der Waals surface area contributed by atoms with E-state index in [1.165, 1.54) is 24.3 Å². The molecule has 0 amide bonds. The van der Waals surface area contributed by atoms with Crippen LogP contribution in [0.15, 0.2) is 115 Å². The Balaban J connectivity index is 0.000000147. The topological polar surface area (TPSA) is 73.3 Å². The number of hydrogen-bond acceptors (Lipinski definition) is 5. The van der Waals surface area contributed by atoms with Crippen molar-refractivity contribution in [2.45, 2.75) is 0 Å². The van der Waals surface area contributed by atoms with Gasteiger partial charge in [0.15, 0.2) is 11.3 Å². The van der Waals surface area contributed by atoms with E-state index < -0.39 is 0 Å². The Morgan fingerprint density at radius 3 is 1.64 bits per heavy atom. The van der Waals surface area contributed by atoms with E-state index in [0.29, 0.717) is 0 Å². The van der Waals surface area contributed by atoms with Crippen molar-refractivity contribution in [2.75, 3.05) is 0 Å². The molecule has 7 rings (SSSR count). The monoisotopic (exact) mass is 581 g/mol. The second-order valence-corrected chi connectivity index (χ2v) is 9.17. The summed E-state index contributed by atoms with van der Waals surface area (Å²) < 4.78 is 30.7. The minimum Gasteiger partial charge on any atom is -0.296 e. The molecule has 0 fully saturated rings. The quantitative estimate of drug-likeness (QED) is 0.227. The first-order valence-corrected chi connectivity index (χ1v) is 12.6. The van der Waals surface area contributed by atoms with Crippen molar-refractivity contribution in [1.82, 2.24) is 33.7 Å². The number of rotatable bonds is 3. The molecule has 0 radical (unpaired) electrons. The average Bonchev–Trinajstić information content (AvgIpc) is 3.53. The van der Waals surface area contributed by atoms with Crippen molar-refractivity contribution in [3.63, 3.8) is 0 Å². The van der Waals surface area contributed by atoms with Crippen molar-refractivity contribution in [1.29, 1.82) is 0 Å². The summed E-state index contributed by atoms with van der Waals surface area (Å²) in [4.78, 5) is 21.3. The molecule has 5 heterocycles. The third kappa shape index (κ3) is 4.89. The smallest absolute Gasteiger partial charge is 0.156 e. The third-order valence-electron chi connectivity index (χ3n) is 5.99. The van der Waals surface area contributed by atoms with Gasteiger partial charge in [0.1, 0.15) is 21.9 Å². The van der Waals surface area contributed by atoms with Crippen molar-refractivity contribution in [3.8, 4) is 33.8 Å². The second kappa shape index (κ2) is 10.5. The zero-order chi connectivity index (χ0) is 26.8. The highest BCUT2D eigenvalue weighted by molar-refractivity contribution is 9.10. The number of fused-ring (bicyclic) bond motifs is 2. The van der Waals surface area contributed by atoms with E-state index in [4.69, 9.17) is 0 Å². The van der Waals surface area contributed by atoms with Crippen LogP contribution in [0.3, 0.4) is 0 Å². The van der Waals surface area contributed by atoms with E-state index in [9.17, 15) is 8.78 Å². The van der Waals surface area contributed by atoms with Crippen LogP contribution in [-0.4, -0.2) is 33.7 Å². The molecule has 0 spiro atoms. The van der Waals surface area contributed by atoms with Crippen molar-refractivity contribution in [2.24, 2.45) is 0 Å². The van der Waals surface area contributed by atoms with Crippen LogP contribution in [0.25, 0.3) is 45.1 Å². The van der Waals surface area contributed by atoms with Crippen LogP contribution in [0, 0.1) is 11.6 Å². The van der Waals surface area contributed by atoms with Gasteiger partial charge in [0.25, 0.3) is 0 Å². The van der Waals surface area contributed by atoms with Gasteiger partial charge in [-0.15, -0.1) is 0 Å². The van der Waals surface area contributed by atoms with E-state index in [2.05, 4.69) is 40.8 Å². The molecule has 10 heteroatoms. The van der Waals surface area contributed by atoms with Gasteiger partial charge in [0.05, 0.1) is 23.8 Å². The number of pyridine rings is 1. The first kappa shape index (κ1) is 24.5. The van der Waals surface area contributed by atoms with Crippen molar-refractivity contribution in [3.05, 3.63) is 126 Å². The standard InChI is InChI=1S/C17H11FN4.C12H7BrFN3/c18-14-3-1-12(2-4-14)16-17(13-5-7-19-8-6-13)22-10-9-20-11-15(22)21-16;13-12-11(8-1-3-9(14)4-2-8)16-10-7-15-5-6-17(10)12/h1-11H;1-7H. The lowest BCUT2D eigenvalue weighted by atomic mass is 10.1. The highest BCUT2D eigenvalue weighted by Crippen LogP contribution is 2.32. The van der Waals surface area contributed by atoms with Crippen molar-refractivity contribution >= 4 is 27.2 Å². The van der Waals surface area contributed by atoms with Gasteiger partial charge in [0, 0.05) is 53.9 Å². The second-order valence-electron chi connectivity index (χ2n) is 8.42. The Kier molecular flexibility index (Phi) is 6.60. The summed E-state index contributed by atoms with van der Waals surface area (Å²) >= 11 is 3.49. The fourth-order valence-corrected chi connectivity index (χ4v) is 4.79. The van der Waals surface area contributed by atoms with Gasteiger partial charge >= 0.3 is 0 Å². The molecule has 7 nitrogen and oxygen atoms in total. The molecule has 2 aromatic carbocycles. The van der Waals surface area contributed by atoms with E-state index in [0.717, 1.165) is 49.7 Å². The minimum atomic E-state index is -0.264. The maximum Gasteiger partial charge on any atom is 0.156 e. The van der Waals surface area contributed by atoms with E-state index in [-0.39, 0.29) is 11.6 Å². The highest BCUT2D eigenvalue weighted by Gasteiger charge is 2.16. The summed E-state index contributed by atoms with van der Waals surface area (Å²) in [7, 11) is 0. The largest absolute Gasteiger partial charge is 0.296 e. The molecule has 0 aliphatic carbocycles. The molecule has 190 valence electrons. The first-order valence-electron chi connectivity index (χ1n) is 11.8. The molecule has 39 heavy (non-hydrogen) atoms. The average molecular weight is 582 g/mol. The Bertz CT molecular complexity index is 1880. The van der Waals surface area contributed by atoms with Crippen LogP contribution in [-0.2, 0) is 0 Å². The molecule has 0 bridgehead atoms. The van der Waals surface area contributed by atoms with Crippen LogP contribution in [0.1, 0.15) is 0 Å². The van der Waals surface area contributed by atoms with Gasteiger partial charge in [-0.2, -0.15) is 0 Å². The summed E-state index contributed by atoms with van der Waals surface area (Å²) in [5.74, 6) is -0.519. The molecule has 0 saturated carbocycles. The lowest BCUT2D eigenvalue weighted by molar-refractivity contribution is 0.627. The van der Waals surface area contributed by atoms with Gasteiger partial charge in [-0.1, -0.05) is 0 Å². The van der Waals surface area contributed by atoms with Crippen molar-refractivity contribution < 1.29 is 8.78 Å². The zero-order valence-electron chi connectivity index (χ0n) is 20.2. The van der Waals surface area contributed by atoms with E-state index in [1.54, 1.807) is 61.4 Å². The fourth-order valence-electron chi connectivity index (χ4n) is 4.17. The third-order valence-corrected chi connectivity index (χ3v) is 6.75. The predicted molar refractivity (Wildman–Crippen MR) is 148 cm³/mol. The van der Waals surface area contributed by atoms with Crippen LogP contribution in [0.2, 0.25) is 0 Å². The molecule has 0 atom stereocenters. The van der Waals surface area contributed by atoms with Crippen LogP contribution in [0.4, 0.5) is 8.78 Å². The first-order chi connectivity index (χ1) is 19.1. The van der Waals surface area contributed by atoms with Crippen LogP contribution in [0.5, 0.6) is 0 Å². The lowest BCUT2D eigenvalue weighted by Crippen LogP contribution is -1.90. The minimum absolute atomic E-state index is 0.254. The van der Waals surface area contributed by atoms with Gasteiger partial charge in [0.2, 0.25) is 0 Å².